The molecule has 0 aliphatic heterocycles. The Balaban J connectivity index is 1.72. The van der Waals surface area contributed by atoms with Gasteiger partial charge in [-0.3, -0.25) is 9.69 Å². The van der Waals surface area contributed by atoms with Crippen LogP contribution in [0.1, 0.15) is 42.3 Å². The van der Waals surface area contributed by atoms with Crippen molar-refractivity contribution in [3.63, 3.8) is 0 Å². The van der Waals surface area contributed by atoms with Gasteiger partial charge < -0.3 is 25.0 Å². The summed E-state index contributed by atoms with van der Waals surface area (Å²) in [7, 11) is 1.70. The summed E-state index contributed by atoms with van der Waals surface area (Å²) in [5.41, 5.74) is 4.00. The molecule has 1 atom stereocenters. The van der Waals surface area contributed by atoms with Crippen LogP contribution in [0.15, 0.2) is 22.7 Å². The molecule has 0 fully saturated rings. The number of aromatic nitrogens is 2. The summed E-state index contributed by atoms with van der Waals surface area (Å²) in [6, 6.07) is 6.09. The predicted molar refractivity (Wildman–Crippen MR) is 147 cm³/mol. The van der Waals surface area contributed by atoms with E-state index in [4.69, 9.17) is 14.2 Å². The van der Waals surface area contributed by atoms with Crippen molar-refractivity contribution in [2.75, 3.05) is 39.8 Å². The fraction of sp³-hybridized carbons (Fsp3) is 0.519. The number of aliphatic hydroxyl groups is 1. The number of thiophene rings is 1. The first-order valence-corrected chi connectivity index (χ1v) is 13.6. The maximum atomic E-state index is 11.6. The minimum Gasteiger partial charge on any atom is -0.490 e. The van der Waals surface area contributed by atoms with E-state index in [1.54, 1.807) is 18.4 Å². The van der Waals surface area contributed by atoms with Gasteiger partial charge in [0.2, 0.25) is 11.7 Å². The van der Waals surface area contributed by atoms with Crippen molar-refractivity contribution >= 4 is 17.2 Å². The van der Waals surface area contributed by atoms with E-state index in [0.717, 1.165) is 53.4 Å². The second-order valence-electron chi connectivity index (χ2n) is 9.04. The van der Waals surface area contributed by atoms with Crippen LogP contribution in [-0.2, 0) is 17.8 Å². The van der Waals surface area contributed by atoms with Crippen molar-refractivity contribution in [3.05, 3.63) is 39.8 Å². The highest BCUT2D eigenvalue weighted by atomic mass is 32.1. The lowest BCUT2D eigenvalue weighted by Gasteiger charge is -2.17. The number of likely N-dealkylation sites (N-methyl/N-ethyl adjacent to an activating group) is 1. The zero-order chi connectivity index (χ0) is 26.9. The normalized spacial score (nSPS) is 12.2. The average molecular weight is 530 g/mol. The van der Waals surface area contributed by atoms with Crippen molar-refractivity contribution in [2.45, 2.75) is 53.7 Å². The summed E-state index contributed by atoms with van der Waals surface area (Å²) < 4.78 is 11.6. The highest BCUT2D eigenvalue weighted by Gasteiger charge is 2.18. The smallest absolute Gasteiger partial charge is 0.268 e. The second kappa shape index (κ2) is 13.7. The SMILES string of the molecule is CCc1cc(-c2noc(-c3cc(C)c(CN(CC)CC)s3)n2)cc(C)c1OCC(O)CNC(=O)CNC. The molecule has 0 saturated heterocycles. The molecule has 1 amide bonds. The van der Waals surface area contributed by atoms with E-state index in [1.807, 2.05) is 26.0 Å². The highest BCUT2D eigenvalue weighted by Crippen LogP contribution is 2.34. The lowest BCUT2D eigenvalue weighted by Crippen LogP contribution is -2.39. The van der Waals surface area contributed by atoms with Gasteiger partial charge in [0.25, 0.3) is 5.89 Å². The zero-order valence-corrected chi connectivity index (χ0v) is 23.5. The number of amides is 1. The number of rotatable bonds is 14. The number of hydrogen-bond donors (Lipinski definition) is 3. The minimum absolute atomic E-state index is 0.0763. The topological polar surface area (TPSA) is 113 Å². The van der Waals surface area contributed by atoms with Gasteiger partial charge in [-0.1, -0.05) is 25.9 Å². The molecule has 1 aromatic carbocycles. The summed E-state index contributed by atoms with van der Waals surface area (Å²) in [6.45, 7) is 13.8. The lowest BCUT2D eigenvalue weighted by atomic mass is 10.0. The second-order valence-corrected chi connectivity index (χ2v) is 10.2. The summed E-state index contributed by atoms with van der Waals surface area (Å²) in [6.07, 6.45) is -0.0760. The number of nitrogens with one attached hydrogen (secondary N) is 2. The number of ether oxygens (including phenoxy) is 1. The van der Waals surface area contributed by atoms with Crippen LogP contribution in [0, 0.1) is 13.8 Å². The molecule has 0 bridgehead atoms. The van der Waals surface area contributed by atoms with Crippen LogP contribution in [-0.4, -0.2) is 72.0 Å². The molecule has 3 N–H and O–H groups in total. The number of aryl methyl sites for hydroxylation is 3. The van der Waals surface area contributed by atoms with Crippen molar-refractivity contribution in [1.82, 2.24) is 25.7 Å². The van der Waals surface area contributed by atoms with Crippen molar-refractivity contribution in [3.8, 4) is 27.9 Å². The lowest BCUT2D eigenvalue weighted by molar-refractivity contribution is -0.120. The minimum atomic E-state index is -0.815. The number of carbonyl (C=O) groups excluding carboxylic acids is 1. The van der Waals surface area contributed by atoms with E-state index in [1.165, 1.54) is 10.4 Å². The monoisotopic (exact) mass is 529 g/mol. The third kappa shape index (κ3) is 7.61. The van der Waals surface area contributed by atoms with E-state index in [2.05, 4.69) is 47.5 Å². The van der Waals surface area contributed by atoms with Gasteiger partial charge in [0.15, 0.2) is 0 Å². The molecule has 0 radical (unpaired) electrons. The number of aliphatic hydroxyl groups excluding tert-OH is 1. The molecule has 10 heteroatoms. The number of hydrogen-bond acceptors (Lipinski definition) is 9. The van der Waals surface area contributed by atoms with Crippen molar-refractivity contribution in [1.29, 1.82) is 0 Å². The molecule has 202 valence electrons. The zero-order valence-electron chi connectivity index (χ0n) is 22.7. The first-order valence-electron chi connectivity index (χ1n) is 12.8. The van der Waals surface area contributed by atoms with Gasteiger partial charge in [0, 0.05) is 23.5 Å². The van der Waals surface area contributed by atoms with E-state index in [-0.39, 0.29) is 25.6 Å². The first kappa shape index (κ1) is 28.8. The molecule has 0 saturated carbocycles. The van der Waals surface area contributed by atoms with Crippen LogP contribution >= 0.6 is 11.3 Å². The summed E-state index contributed by atoms with van der Waals surface area (Å²) in [5, 5.41) is 19.9. The molecule has 37 heavy (non-hydrogen) atoms. The summed E-state index contributed by atoms with van der Waals surface area (Å²) in [5.74, 6) is 1.61. The van der Waals surface area contributed by atoms with Gasteiger partial charge in [-0.25, -0.2) is 0 Å². The molecule has 1 unspecified atom stereocenters. The van der Waals surface area contributed by atoms with Gasteiger partial charge in [0.1, 0.15) is 18.5 Å². The van der Waals surface area contributed by atoms with Crippen LogP contribution in [0.25, 0.3) is 22.2 Å². The number of nitrogens with zero attached hydrogens (tertiary/aromatic N) is 3. The van der Waals surface area contributed by atoms with Crippen LogP contribution in [0.4, 0.5) is 0 Å². The molecular formula is C27H39N5O4S. The third-order valence-electron chi connectivity index (χ3n) is 6.20. The fourth-order valence-corrected chi connectivity index (χ4v) is 5.15. The third-order valence-corrected chi connectivity index (χ3v) is 7.41. The van der Waals surface area contributed by atoms with Crippen molar-refractivity contribution in [2.24, 2.45) is 0 Å². The Morgan fingerprint density at radius 2 is 1.95 bits per heavy atom. The summed E-state index contributed by atoms with van der Waals surface area (Å²) in [4.78, 5) is 20.9. The molecule has 9 nitrogen and oxygen atoms in total. The predicted octanol–water partition coefficient (Wildman–Crippen LogP) is 3.56. The van der Waals surface area contributed by atoms with Crippen LogP contribution in [0.5, 0.6) is 5.75 Å². The molecule has 0 aliphatic carbocycles. The van der Waals surface area contributed by atoms with E-state index in [0.29, 0.717) is 11.7 Å². The van der Waals surface area contributed by atoms with E-state index in [9.17, 15) is 9.90 Å². The standard InChI is InChI=1S/C27H39N5O4S/c1-7-19-12-20(10-18(5)25(19)35-16-21(33)13-29-24(34)14-28-6)26-30-27(36-31-26)22-11-17(4)23(37-22)15-32(8-2)9-3/h10-12,21,28,33H,7-9,13-16H2,1-6H3,(H,29,34). The Morgan fingerprint density at radius 3 is 2.62 bits per heavy atom. The maximum absolute atomic E-state index is 11.6. The quantitative estimate of drug-likeness (QED) is 0.291. The number of benzene rings is 1. The molecule has 3 aromatic rings. The molecule has 2 heterocycles. The Hall–Kier alpha value is -2.79. The summed E-state index contributed by atoms with van der Waals surface area (Å²) >= 11 is 1.70. The van der Waals surface area contributed by atoms with Gasteiger partial charge in [0.05, 0.1) is 11.4 Å². The Kier molecular flexibility index (Phi) is 10.6. The number of carbonyl (C=O) groups is 1. The highest BCUT2D eigenvalue weighted by molar-refractivity contribution is 7.15. The Labute approximate surface area is 223 Å². The van der Waals surface area contributed by atoms with Crippen LogP contribution < -0.4 is 15.4 Å². The molecular weight excluding hydrogens is 490 g/mol. The van der Waals surface area contributed by atoms with E-state index >= 15 is 0 Å². The Morgan fingerprint density at radius 1 is 1.19 bits per heavy atom. The van der Waals surface area contributed by atoms with Crippen molar-refractivity contribution < 1.29 is 19.2 Å². The first-order chi connectivity index (χ1) is 17.8. The maximum Gasteiger partial charge on any atom is 0.268 e. The molecule has 0 aliphatic rings. The molecule has 0 spiro atoms. The Bertz CT molecular complexity index is 1170. The fourth-order valence-electron chi connectivity index (χ4n) is 4.01. The van der Waals surface area contributed by atoms with Gasteiger partial charge in [-0.15, -0.1) is 11.3 Å². The van der Waals surface area contributed by atoms with Crippen LogP contribution in [0.3, 0.4) is 0 Å². The average Bonchev–Trinajstić information content (AvgIpc) is 3.52. The van der Waals surface area contributed by atoms with Gasteiger partial charge in [-0.05, 0) is 75.3 Å². The van der Waals surface area contributed by atoms with Crippen LogP contribution in [0.2, 0.25) is 0 Å². The molecule has 3 rings (SSSR count). The van der Waals surface area contributed by atoms with Gasteiger partial charge >= 0.3 is 0 Å². The van der Waals surface area contributed by atoms with E-state index < -0.39 is 6.10 Å². The largest absolute Gasteiger partial charge is 0.490 e. The van der Waals surface area contributed by atoms with Gasteiger partial charge in [-0.2, -0.15) is 4.98 Å². The molecule has 2 aromatic heterocycles.